The number of carbonyl (C=O) groups is 1. The Bertz CT molecular complexity index is 985. The summed E-state index contributed by atoms with van der Waals surface area (Å²) in [5, 5.41) is 0.153. The van der Waals surface area contributed by atoms with Crippen LogP contribution in [0.25, 0.3) is 11.5 Å². The second-order valence-corrected chi connectivity index (χ2v) is 5.85. The number of halogens is 3. The van der Waals surface area contributed by atoms with Crippen LogP contribution < -0.4 is 5.36 Å². The number of alkyl halides is 3. The molecule has 3 rings (SSSR count). The number of hydrogen-bond donors (Lipinski definition) is 0. The second kappa shape index (κ2) is 7.61. The Morgan fingerprint density at radius 3 is 2.44 bits per heavy atom. The fourth-order valence-electron chi connectivity index (χ4n) is 2.40. The maximum Gasteiger partial charge on any atom is 0.407 e. The van der Waals surface area contributed by atoms with Gasteiger partial charge in [-0.1, -0.05) is 18.2 Å². The molecule has 0 aliphatic heterocycles. The second-order valence-electron chi connectivity index (χ2n) is 5.85. The van der Waals surface area contributed by atoms with Gasteiger partial charge in [0.05, 0.1) is 17.5 Å². The molecule has 0 bridgehead atoms. The molecule has 140 valence electrons. The summed E-state index contributed by atoms with van der Waals surface area (Å²) in [6.07, 6.45) is -1.59. The zero-order valence-electron chi connectivity index (χ0n) is 14.4. The van der Waals surface area contributed by atoms with Gasteiger partial charge in [0.2, 0.25) is 11.8 Å². The molecule has 0 atom stereocenters. The van der Waals surface area contributed by atoms with Gasteiger partial charge in [-0.3, -0.25) is 14.4 Å². The Labute approximate surface area is 152 Å². The van der Waals surface area contributed by atoms with E-state index in [1.54, 1.807) is 6.92 Å². The third-order valence-electron chi connectivity index (χ3n) is 3.77. The van der Waals surface area contributed by atoms with Crippen LogP contribution in [0.15, 0.2) is 64.3 Å². The summed E-state index contributed by atoms with van der Waals surface area (Å²) in [7, 11) is 0. The number of nitrogens with zero attached hydrogens (tertiary/aromatic N) is 3. The molecule has 0 radical (unpaired) electrons. The van der Waals surface area contributed by atoms with Crippen LogP contribution in [0.3, 0.4) is 0 Å². The van der Waals surface area contributed by atoms with Gasteiger partial charge in [0.25, 0.3) is 0 Å². The first-order valence-corrected chi connectivity index (χ1v) is 8.12. The molecule has 5 nitrogen and oxygen atoms in total. The minimum absolute atomic E-state index is 0.00583. The van der Waals surface area contributed by atoms with E-state index in [4.69, 9.17) is 4.42 Å². The van der Waals surface area contributed by atoms with Crippen LogP contribution in [0, 0.1) is 6.92 Å². The molecule has 0 amide bonds. The van der Waals surface area contributed by atoms with Crippen molar-refractivity contribution in [2.45, 2.75) is 19.5 Å². The average molecular weight is 375 g/mol. The molecule has 8 heteroatoms. The van der Waals surface area contributed by atoms with Crippen LogP contribution in [-0.4, -0.2) is 28.2 Å². The van der Waals surface area contributed by atoms with E-state index in [1.807, 2.05) is 30.3 Å². The maximum absolute atomic E-state index is 12.4. The van der Waals surface area contributed by atoms with Gasteiger partial charge >= 0.3 is 6.18 Å². The number of rotatable bonds is 4. The molecule has 27 heavy (non-hydrogen) atoms. The highest BCUT2D eigenvalue weighted by molar-refractivity contribution is 5.81. The first kappa shape index (κ1) is 18.6. The molecule has 3 aromatic rings. The quantitative estimate of drug-likeness (QED) is 0.697. The van der Waals surface area contributed by atoms with Crippen molar-refractivity contribution in [2.75, 3.05) is 6.54 Å². The molecule has 0 aliphatic carbocycles. The molecule has 0 fully saturated rings. The van der Waals surface area contributed by atoms with E-state index in [0.29, 0.717) is 17.3 Å². The molecule has 0 N–H and O–H groups in total. The van der Waals surface area contributed by atoms with Crippen molar-refractivity contribution < 1.29 is 22.4 Å². The molecule has 2 aromatic heterocycles. The summed E-state index contributed by atoms with van der Waals surface area (Å²) in [5.74, 6) is 0.690. The fraction of sp³-hybridized carbons (Fsp3) is 0.211. The van der Waals surface area contributed by atoms with Gasteiger partial charge in [-0.2, -0.15) is 13.2 Å². The van der Waals surface area contributed by atoms with Gasteiger partial charge in [-0.05, 0) is 31.2 Å². The van der Waals surface area contributed by atoms with E-state index in [-0.39, 0.29) is 17.7 Å². The first-order chi connectivity index (χ1) is 12.8. The number of oxazole rings is 1. The summed E-state index contributed by atoms with van der Waals surface area (Å²) in [4.78, 5) is 20.2. The minimum Gasteiger partial charge on any atom is -0.441 e. The van der Waals surface area contributed by atoms with Crippen molar-refractivity contribution in [3.63, 3.8) is 0 Å². The Morgan fingerprint density at radius 1 is 1.15 bits per heavy atom. The number of aryl methyl sites for hydroxylation is 1. The topological polar surface area (TPSA) is 60.4 Å². The third kappa shape index (κ3) is 4.93. The minimum atomic E-state index is -4.36. The zero-order chi connectivity index (χ0) is 19.4. The lowest BCUT2D eigenvalue weighted by molar-refractivity contribution is -0.118. The third-order valence-corrected chi connectivity index (χ3v) is 3.77. The molecule has 2 heterocycles. The number of pyridine rings is 1. The van der Waals surface area contributed by atoms with Crippen molar-refractivity contribution >= 4 is 5.91 Å². The van der Waals surface area contributed by atoms with E-state index < -0.39 is 12.7 Å². The molecule has 0 aliphatic rings. The van der Waals surface area contributed by atoms with Crippen LogP contribution >= 0.6 is 0 Å². The molecule has 0 saturated carbocycles. The number of benzene rings is 1. The predicted molar refractivity (Wildman–Crippen MR) is 91.9 cm³/mol. The van der Waals surface area contributed by atoms with Crippen LogP contribution in [0.5, 0.6) is 0 Å². The SMILES string of the molecule is Cc1oc(-c2ccccc2)nc1CC(=O)n1ccc(=NCC(F)(F)F)cc1. The highest BCUT2D eigenvalue weighted by atomic mass is 19.4. The summed E-state index contributed by atoms with van der Waals surface area (Å²) in [6.45, 7) is 0.469. The normalized spacial score (nSPS) is 11.4. The fourth-order valence-corrected chi connectivity index (χ4v) is 2.40. The highest BCUT2D eigenvalue weighted by Gasteiger charge is 2.26. The van der Waals surface area contributed by atoms with Crippen molar-refractivity contribution in [2.24, 2.45) is 4.99 Å². The Kier molecular flexibility index (Phi) is 5.25. The number of aromatic nitrogens is 2. The van der Waals surface area contributed by atoms with Crippen LogP contribution in [0.2, 0.25) is 0 Å². The lowest BCUT2D eigenvalue weighted by atomic mass is 10.2. The number of hydrogen-bond acceptors (Lipinski definition) is 4. The van der Waals surface area contributed by atoms with Crippen LogP contribution in [0.1, 0.15) is 16.2 Å². The summed E-state index contributed by atoms with van der Waals surface area (Å²) >= 11 is 0. The first-order valence-electron chi connectivity index (χ1n) is 8.12. The summed E-state index contributed by atoms with van der Waals surface area (Å²) in [6, 6.07) is 12.0. The van der Waals surface area contributed by atoms with Crippen LogP contribution in [-0.2, 0) is 6.42 Å². The van der Waals surface area contributed by atoms with E-state index in [2.05, 4.69) is 9.98 Å². The van der Waals surface area contributed by atoms with Gasteiger partial charge in [0.1, 0.15) is 12.3 Å². The Hall–Kier alpha value is -3.16. The molecule has 0 spiro atoms. The predicted octanol–water partition coefficient (Wildman–Crippen LogP) is 3.80. The smallest absolute Gasteiger partial charge is 0.407 e. The van der Waals surface area contributed by atoms with E-state index >= 15 is 0 Å². The van der Waals surface area contributed by atoms with Crippen LogP contribution in [0.4, 0.5) is 13.2 Å². The summed E-state index contributed by atoms with van der Waals surface area (Å²) < 4.78 is 43.5. The average Bonchev–Trinajstić information content (AvgIpc) is 3.01. The van der Waals surface area contributed by atoms with Crippen molar-refractivity contribution in [1.82, 2.24) is 9.55 Å². The van der Waals surface area contributed by atoms with Gasteiger partial charge in [-0.25, -0.2) is 4.98 Å². The molecular weight excluding hydrogens is 359 g/mol. The standard InChI is InChI=1S/C19H16F3N3O2/c1-13-16(24-18(27-13)14-5-3-2-4-6-14)11-17(26)25-9-7-15(8-10-25)23-12-19(20,21)22/h2-10H,11-12H2,1H3. The summed E-state index contributed by atoms with van der Waals surface area (Å²) in [5.41, 5.74) is 1.32. The van der Waals surface area contributed by atoms with Gasteiger partial charge in [-0.15, -0.1) is 0 Å². The van der Waals surface area contributed by atoms with Crippen molar-refractivity contribution in [3.05, 3.63) is 71.7 Å². The van der Waals surface area contributed by atoms with Crippen molar-refractivity contribution in [3.8, 4) is 11.5 Å². The maximum atomic E-state index is 12.4. The van der Waals surface area contributed by atoms with Gasteiger partial charge < -0.3 is 4.42 Å². The van der Waals surface area contributed by atoms with E-state index in [1.165, 1.54) is 29.1 Å². The van der Waals surface area contributed by atoms with Crippen molar-refractivity contribution in [1.29, 1.82) is 0 Å². The van der Waals surface area contributed by atoms with E-state index in [9.17, 15) is 18.0 Å². The Morgan fingerprint density at radius 2 is 1.81 bits per heavy atom. The van der Waals surface area contributed by atoms with E-state index in [0.717, 1.165) is 5.56 Å². The largest absolute Gasteiger partial charge is 0.441 e. The number of carbonyl (C=O) groups excluding carboxylic acids is 1. The monoisotopic (exact) mass is 375 g/mol. The lowest BCUT2D eigenvalue weighted by Crippen LogP contribution is -2.18. The molecule has 0 unspecified atom stereocenters. The molecule has 0 saturated heterocycles. The zero-order valence-corrected chi connectivity index (χ0v) is 14.4. The van der Waals surface area contributed by atoms with Gasteiger partial charge in [0.15, 0.2) is 0 Å². The Balaban J connectivity index is 1.73. The molecule has 1 aromatic carbocycles. The molecular formula is C19H16F3N3O2. The lowest BCUT2D eigenvalue weighted by Gasteiger charge is -2.04. The van der Waals surface area contributed by atoms with Gasteiger partial charge in [0, 0.05) is 18.0 Å². The highest BCUT2D eigenvalue weighted by Crippen LogP contribution is 2.21.